The van der Waals surface area contributed by atoms with E-state index in [-0.39, 0.29) is 12.5 Å². The molecule has 0 unspecified atom stereocenters. The minimum Gasteiger partial charge on any atom is -0.396 e. The Bertz CT molecular complexity index is 587. The van der Waals surface area contributed by atoms with Crippen LogP contribution in [0.4, 0.5) is 0 Å². The van der Waals surface area contributed by atoms with E-state index in [2.05, 4.69) is 10.3 Å². The number of hydrogen-bond acceptors (Lipinski definition) is 3. The second kappa shape index (κ2) is 6.50. The van der Waals surface area contributed by atoms with Crippen molar-refractivity contribution in [1.29, 1.82) is 0 Å². The van der Waals surface area contributed by atoms with E-state index >= 15 is 0 Å². The highest BCUT2D eigenvalue weighted by Crippen LogP contribution is 2.20. The number of unbranched alkanes of at least 4 members (excludes halogenated alkanes) is 1. The summed E-state index contributed by atoms with van der Waals surface area (Å²) in [5, 5.41) is 12.6. The van der Waals surface area contributed by atoms with Gasteiger partial charge in [0.15, 0.2) is 0 Å². The Morgan fingerprint density at radius 3 is 2.89 bits per heavy atom. The summed E-state index contributed by atoms with van der Waals surface area (Å²) in [7, 11) is 0. The molecule has 0 radical (unpaired) electrons. The van der Waals surface area contributed by atoms with Crippen LogP contribution in [-0.2, 0) is 0 Å². The van der Waals surface area contributed by atoms with Crippen molar-refractivity contribution in [1.82, 2.24) is 10.3 Å². The van der Waals surface area contributed by atoms with Crippen molar-refractivity contribution in [2.45, 2.75) is 12.8 Å². The topological polar surface area (TPSA) is 62.2 Å². The molecule has 0 aliphatic heterocycles. The van der Waals surface area contributed by atoms with Gasteiger partial charge in [0.25, 0.3) is 5.91 Å². The van der Waals surface area contributed by atoms with Crippen molar-refractivity contribution >= 4 is 28.4 Å². The quantitative estimate of drug-likeness (QED) is 0.652. The predicted octanol–water partition coefficient (Wildman–Crippen LogP) is 2.39. The zero-order chi connectivity index (χ0) is 13.7. The van der Waals surface area contributed by atoms with Crippen LogP contribution >= 0.6 is 11.6 Å². The van der Waals surface area contributed by atoms with E-state index in [0.29, 0.717) is 29.2 Å². The Balaban J connectivity index is 2.21. The second-order valence-electron chi connectivity index (χ2n) is 4.20. The van der Waals surface area contributed by atoms with Crippen LogP contribution < -0.4 is 5.32 Å². The number of amides is 1. The summed E-state index contributed by atoms with van der Waals surface area (Å²) >= 11 is 5.93. The number of rotatable bonds is 5. The number of carbonyl (C=O) groups excluding carboxylic acids is 1. The summed E-state index contributed by atoms with van der Waals surface area (Å²) in [6.07, 6.45) is 1.43. The number of nitrogens with zero attached hydrogens (tertiary/aromatic N) is 1. The van der Waals surface area contributed by atoms with Gasteiger partial charge < -0.3 is 10.4 Å². The molecule has 2 aromatic rings. The highest BCUT2D eigenvalue weighted by atomic mass is 35.5. The first-order chi connectivity index (χ1) is 9.22. The average Bonchev–Trinajstić information content (AvgIpc) is 2.42. The number of aliphatic hydroxyl groups excluding tert-OH is 1. The van der Waals surface area contributed by atoms with E-state index < -0.39 is 0 Å². The molecule has 1 heterocycles. The minimum absolute atomic E-state index is 0.139. The summed E-state index contributed by atoms with van der Waals surface area (Å²) in [4.78, 5) is 16.3. The zero-order valence-electron chi connectivity index (χ0n) is 10.4. The van der Waals surface area contributed by atoms with Crippen molar-refractivity contribution in [3.63, 3.8) is 0 Å². The lowest BCUT2D eigenvalue weighted by molar-refractivity contribution is 0.0953. The molecule has 2 N–H and O–H groups in total. The fraction of sp³-hybridized carbons (Fsp3) is 0.286. The van der Waals surface area contributed by atoms with Gasteiger partial charge in [-0.3, -0.25) is 4.79 Å². The number of halogens is 1. The monoisotopic (exact) mass is 278 g/mol. The summed E-state index contributed by atoms with van der Waals surface area (Å²) in [5.74, 6) is -0.168. The van der Waals surface area contributed by atoms with Crippen molar-refractivity contribution in [3.8, 4) is 0 Å². The maximum atomic E-state index is 12.1. The molecule has 0 atom stereocenters. The van der Waals surface area contributed by atoms with Gasteiger partial charge in [-0.05, 0) is 25.0 Å². The molecule has 1 aromatic heterocycles. The molecule has 1 amide bonds. The number of pyridine rings is 1. The second-order valence-corrected chi connectivity index (χ2v) is 4.58. The maximum Gasteiger partial charge on any atom is 0.252 e. The van der Waals surface area contributed by atoms with E-state index in [4.69, 9.17) is 16.7 Å². The van der Waals surface area contributed by atoms with Gasteiger partial charge in [0, 0.05) is 18.5 Å². The number of fused-ring (bicyclic) bond motifs is 1. The molecule has 4 nitrogen and oxygen atoms in total. The van der Waals surface area contributed by atoms with Gasteiger partial charge in [-0.1, -0.05) is 29.8 Å². The Morgan fingerprint density at radius 2 is 2.11 bits per heavy atom. The molecule has 19 heavy (non-hydrogen) atoms. The largest absolute Gasteiger partial charge is 0.396 e. The standard InChI is InChI=1S/C14H15ClN2O2/c15-13-9-11(14(19)16-7-3-4-8-18)10-5-1-2-6-12(10)17-13/h1-2,5-6,9,18H,3-4,7-8H2,(H,16,19). The minimum atomic E-state index is -0.168. The van der Waals surface area contributed by atoms with Gasteiger partial charge in [0.1, 0.15) is 5.15 Å². The number of aliphatic hydroxyl groups is 1. The molecule has 0 saturated carbocycles. The molecule has 1 aromatic carbocycles. The molecule has 0 saturated heterocycles. The predicted molar refractivity (Wildman–Crippen MR) is 75.4 cm³/mol. The third-order valence-electron chi connectivity index (χ3n) is 2.80. The molecule has 0 aliphatic carbocycles. The van der Waals surface area contributed by atoms with E-state index in [9.17, 15) is 4.79 Å². The molecule has 5 heteroatoms. The summed E-state index contributed by atoms with van der Waals surface area (Å²) in [6, 6.07) is 8.96. The number of aromatic nitrogens is 1. The highest BCUT2D eigenvalue weighted by molar-refractivity contribution is 6.30. The Hall–Kier alpha value is -1.65. The third kappa shape index (κ3) is 3.43. The highest BCUT2D eigenvalue weighted by Gasteiger charge is 2.11. The van der Waals surface area contributed by atoms with Crippen molar-refractivity contribution < 1.29 is 9.90 Å². The van der Waals surface area contributed by atoms with Gasteiger partial charge in [0.05, 0.1) is 11.1 Å². The van der Waals surface area contributed by atoms with Gasteiger partial charge in [-0.2, -0.15) is 0 Å². The van der Waals surface area contributed by atoms with Gasteiger partial charge in [-0.15, -0.1) is 0 Å². The van der Waals surface area contributed by atoms with Crippen LogP contribution in [-0.4, -0.2) is 29.1 Å². The van der Waals surface area contributed by atoms with Crippen LogP contribution in [0, 0.1) is 0 Å². The Morgan fingerprint density at radius 1 is 1.32 bits per heavy atom. The lowest BCUT2D eigenvalue weighted by atomic mass is 10.1. The smallest absolute Gasteiger partial charge is 0.252 e. The first-order valence-corrected chi connectivity index (χ1v) is 6.54. The van der Waals surface area contributed by atoms with E-state index in [1.165, 1.54) is 0 Å². The average molecular weight is 279 g/mol. The number of para-hydroxylation sites is 1. The molecular weight excluding hydrogens is 264 g/mol. The van der Waals surface area contributed by atoms with Crippen LogP contribution in [0.25, 0.3) is 10.9 Å². The van der Waals surface area contributed by atoms with Crippen LogP contribution in [0.15, 0.2) is 30.3 Å². The first kappa shape index (κ1) is 13.8. The number of benzene rings is 1. The van der Waals surface area contributed by atoms with Crippen LogP contribution in [0.2, 0.25) is 5.15 Å². The molecule has 0 bridgehead atoms. The summed E-state index contributed by atoms with van der Waals surface area (Å²) in [5.41, 5.74) is 1.23. The molecular formula is C14H15ClN2O2. The summed E-state index contributed by atoms with van der Waals surface area (Å²) in [6.45, 7) is 0.674. The first-order valence-electron chi connectivity index (χ1n) is 6.16. The van der Waals surface area contributed by atoms with Crippen molar-refractivity contribution in [3.05, 3.63) is 41.0 Å². The maximum absolute atomic E-state index is 12.1. The van der Waals surface area contributed by atoms with Gasteiger partial charge >= 0.3 is 0 Å². The fourth-order valence-corrected chi connectivity index (χ4v) is 2.07. The normalized spacial score (nSPS) is 10.6. The molecule has 0 aliphatic rings. The fourth-order valence-electron chi connectivity index (χ4n) is 1.86. The van der Waals surface area contributed by atoms with Crippen LogP contribution in [0.5, 0.6) is 0 Å². The number of hydrogen-bond donors (Lipinski definition) is 2. The Labute approximate surface area is 116 Å². The van der Waals surface area contributed by atoms with E-state index in [1.54, 1.807) is 6.07 Å². The molecule has 2 rings (SSSR count). The lowest BCUT2D eigenvalue weighted by Gasteiger charge is -2.08. The summed E-state index contributed by atoms with van der Waals surface area (Å²) < 4.78 is 0. The Kier molecular flexibility index (Phi) is 4.71. The molecule has 100 valence electrons. The number of nitrogens with one attached hydrogen (secondary N) is 1. The van der Waals surface area contributed by atoms with Crippen molar-refractivity contribution in [2.75, 3.05) is 13.2 Å². The van der Waals surface area contributed by atoms with Gasteiger partial charge in [0.2, 0.25) is 0 Å². The lowest BCUT2D eigenvalue weighted by Crippen LogP contribution is -2.25. The zero-order valence-corrected chi connectivity index (χ0v) is 11.2. The van der Waals surface area contributed by atoms with Crippen LogP contribution in [0.1, 0.15) is 23.2 Å². The van der Waals surface area contributed by atoms with Crippen LogP contribution in [0.3, 0.4) is 0 Å². The van der Waals surface area contributed by atoms with E-state index in [1.807, 2.05) is 24.3 Å². The number of carbonyl (C=O) groups is 1. The molecule has 0 spiro atoms. The SMILES string of the molecule is O=C(NCCCCO)c1cc(Cl)nc2ccccc12. The van der Waals surface area contributed by atoms with E-state index in [0.717, 1.165) is 11.8 Å². The van der Waals surface area contributed by atoms with Crippen molar-refractivity contribution in [2.24, 2.45) is 0 Å². The molecule has 0 fully saturated rings. The third-order valence-corrected chi connectivity index (χ3v) is 2.99. The van der Waals surface area contributed by atoms with Gasteiger partial charge in [-0.25, -0.2) is 4.98 Å².